The highest BCUT2D eigenvalue weighted by molar-refractivity contribution is 5.98. The van der Waals surface area contributed by atoms with E-state index in [-0.39, 0.29) is 18.4 Å². The number of hydrogen-bond acceptors (Lipinski definition) is 6. The standard InChI is InChI=1S/C17H18N6O3/c1-12-7-15(21-26-12)20-16(24)9-22(2)17(25)14-5-3-13(4-6-14)8-23-11-18-10-19-23/h3-7,10-11H,8-9H2,1-2H3,(H,20,21,24). The number of anilines is 1. The van der Waals surface area contributed by atoms with Crippen LogP contribution in [0.3, 0.4) is 0 Å². The van der Waals surface area contributed by atoms with Crippen molar-refractivity contribution in [3.8, 4) is 0 Å². The van der Waals surface area contributed by atoms with Crippen molar-refractivity contribution >= 4 is 17.6 Å². The van der Waals surface area contributed by atoms with Crippen LogP contribution in [0.25, 0.3) is 0 Å². The Morgan fingerprint density at radius 2 is 2.04 bits per heavy atom. The van der Waals surface area contributed by atoms with Crippen molar-refractivity contribution in [3.05, 3.63) is 59.9 Å². The number of hydrogen-bond donors (Lipinski definition) is 1. The summed E-state index contributed by atoms with van der Waals surface area (Å²) in [4.78, 5) is 29.7. The fraction of sp³-hybridized carbons (Fsp3) is 0.235. The first-order valence-electron chi connectivity index (χ1n) is 7.91. The van der Waals surface area contributed by atoms with Crippen LogP contribution in [0.1, 0.15) is 21.7 Å². The molecule has 0 saturated carbocycles. The fourth-order valence-electron chi connectivity index (χ4n) is 2.37. The predicted octanol–water partition coefficient (Wildman–Crippen LogP) is 1.33. The predicted molar refractivity (Wildman–Crippen MR) is 92.4 cm³/mol. The SMILES string of the molecule is Cc1cc(NC(=O)CN(C)C(=O)c2ccc(Cn3cncn3)cc2)no1. The number of nitrogens with zero attached hydrogens (tertiary/aromatic N) is 5. The van der Waals surface area contributed by atoms with Crippen molar-refractivity contribution in [2.75, 3.05) is 18.9 Å². The molecule has 0 fully saturated rings. The maximum atomic E-state index is 12.4. The van der Waals surface area contributed by atoms with Crippen molar-refractivity contribution < 1.29 is 14.1 Å². The van der Waals surface area contributed by atoms with E-state index >= 15 is 0 Å². The molecule has 0 unspecified atom stereocenters. The minimum absolute atomic E-state index is 0.0918. The molecule has 0 radical (unpaired) electrons. The Hall–Kier alpha value is -3.49. The number of amides is 2. The highest BCUT2D eigenvalue weighted by atomic mass is 16.5. The lowest BCUT2D eigenvalue weighted by atomic mass is 10.1. The molecule has 3 rings (SSSR count). The van der Waals surface area contributed by atoms with Crippen LogP contribution in [-0.2, 0) is 11.3 Å². The highest BCUT2D eigenvalue weighted by Gasteiger charge is 2.16. The Balaban J connectivity index is 1.56. The Labute approximate surface area is 149 Å². The molecular weight excluding hydrogens is 336 g/mol. The van der Waals surface area contributed by atoms with Gasteiger partial charge < -0.3 is 14.7 Å². The summed E-state index contributed by atoms with van der Waals surface area (Å²) in [5.41, 5.74) is 1.49. The molecule has 2 amide bonds. The van der Waals surface area contributed by atoms with Crippen LogP contribution < -0.4 is 5.32 Å². The first-order valence-corrected chi connectivity index (χ1v) is 7.91. The van der Waals surface area contributed by atoms with Gasteiger partial charge in [-0.25, -0.2) is 9.67 Å². The number of likely N-dealkylation sites (N-methyl/N-ethyl adjacent to an activating group) is 1. The summed E-state index contributed by atoms with van der Waals surface area (Å²) in [6, 6.07) is 8.75. The first kappa shape index (κ1) is 17.3. The molecule has 9 nitrogen and oxygen atoms in total. The van der Waals surface area contributed by atoms with Crippen LogP contribution >= 0.6 is 0 Å². The van der Waals surface area contributed by atoms with Crippen LogP contribution in [0.4, 0.5) is 5.82 Å². The average molecular weight is 354 g/mol. The minimum atomic E-state index is -0.350. The van der Waals surface area contributed by atoms with Gasteiger partial charge in [-0.15, -0.1) is 0 Å². The highest BCUT2D eigenvalue weighted by Crippen LogP contribution is 2.09. The largest absolute Gasteiger partial charge is 0.360 e. The zero-order valence-corrected chi connectivity index (χ0v) is 14.4. The van der Waals surface area contributed by atoms with E-state index in [0.717, 1.165) is 5.56 Å². The molecule has 0 atom stereocenters. The number of carbonyl (C=O) groups is 2. The zero-order valence-electron chi connectivity index (χ0n) is 14.4. The topological polar surface area (TPSA) is 106 Å². The second-order valence-corrected chi connectivity index (χ2v) is 5.82. The first-order chi connectivity index (χ1) is 12.5. The van der Waals surface area contributed by atoms with E-state index < -0.39 is 0 Å². The van der Waals surface area contributed by atoms with Crippen LogP contribution in [0, 0.1) is 6.92 Å². The molecule has 1 N–H and O–H groups in total. The molecule has 2 aromatic heterocycles. The van der Waals surface area contributed by atoms with Crippen molar-refractivity contribution in [3.63, 3.8) is 0 Å². The molecule has 3 aromatic rings. The molecule has 0 aliphatic heterocycles. The number of nitrogens with one attached hydrogen (secondary N) is 1. The van der Waals surface area contributed by atoms with E-state index in [1.165, 1.54) is 11.2 Å². The summed E-state index contributed by atoms with van der Waals surface area (Å²) in [5.74, 6) is 0.322. The van der Waals surface area contributed by atoms with Gasteiger partial charge in [-0.3, -0.25) is 9.59 Å². The molecule has 1 aromatic carbocycles. The van der Waals surface area contributed by atoms with Crippen molar-refractivity contribution in [1.29, 1.82) is 0 Å². The van der Waals surface area contributed by atoms with E-state index in [1.807, 2.05) is 12.1 Å². The Morgan fingerprint density at radius 3 is 2.65 bits per heavy atom. The fourth-order valence-corrected chi connectivity index (χ4v) is 2.37. The Morgan fingerprint density at radius 1 is 1.27 bits per heavy atom. The quantitative estimate of drug-likeness (QED) is 0.716. The smallest absolute Gasteiger partial charge is 0.254 e. The molecule has 9 heteroatoms. The molecule has 0 spiro atoms. The molecule has 0 bridgehead atoms. The Bertz CT molecular complexity index is 886. The van der Waals surface area contributed by atoms with Gasteiger partial charge in [0.15, 0.2) is 5.82 Å². The van der Waals surface area contributed by atoms with Gasteiger partial charge in [0.1, 0.15) is 18.4 Å². The number of benzene rings is 1. The van der Waals surface area contributed by atoms with Crippen molar-refractivity contribution in [2.24, 2.45) is 0 Å². The van der Waals surface area contributed by atoms with E-state index in [9.17, 15) is 9.59 Å². The van der Waals surface area contributed by atoms with Crippen molar-refractivity contribution in [1.82, 2.24) is 24.8 Å². The molecular formula is C17H18N6O3. The van der Waals surface area contributed by atoms with Gasteiger partial charge in [0.2, 0.25) is 5.91 Å². The van der Waals surface area contributed by atoms with E-state index in [0.29, 0.717) is 23.7 Å². The third kappa shape index (κ3) is 4.32. The number of aromatic nitrogens is 4. The van der Waals surface area contributed by atoms with Gasteiger partial charge in [0.05, 0.1) is 13.1 Å². The van der Waals surface area contributed by atoms with Crippen molar-refractivity contribution in [2.45, 2.75) is 13.5 Å². The summed E-state index contributed by atoms with van der Waals surface area (Å²) in [5, 5.41) is 10.3. The number of aryl methyl sites for hydroxylation is 1. The van der Waals surface area contributed by atoms with Crippen LogP contribution in [0.15, 0.2) is 47.5 Å². The van der Waals surface area contributed by atoms with Gasteiger partial charge in [-0.05, 0) is 24.6 Å². The average Bonchev–Trinajstić information content (AvgIpc) is 3.26. The normalized spacial score (nSPS) is 10.5. The second kappa shape index (κ2) is 7.60. The second-order valence-electron chi connectivity index (χ2n) is 5.82. The van der Waals surface area contributed by atoms with Crippen LogP contribution in [0.2, 0.25) is 0 Å². The zero-order chi connectivity index (χ0) is 18.5. The molecule has 134 valence electrons. The lowest BCUT2D eigenvalue weighted by Gasteiger charge is -2.16. The maximum Gasteiger partial charge on any atom is 0.254 e. The maximum absolute atomic E-state index is 12.4. The summed E-state index contributed by atoms with van der Waals surface area (Å²) in [6.45, 7) is 2.21. The number of carbonyl (C=O) groups excluding carboxylic acids is 2. The third-order valence-electron chi connectivity index (χ3n) is 3.63. The van der Waals surface area contributed by atoms with Gasteiger partial charge >= 0.3 is 0 Å². The number of rotatable bonds is 6. The van der Waals surface area contributed by atoms with Gasteiger partial charge in [-0.1, -0.05) is 17.3 Å². The molecule has 0 aliphatic rings. The van der Waals surface area contributed by atoms with Gasteiger partial charge in [0.25, 0.3) is 5.91 Å². The van der Waals surface area contributed by atoms with E-state index in [2.05, 4.69) is 20.6 Å². The molecule has 2 heterocycles. The summed E-state index contributed by atoms with van der Waals surface area (Å²) in [6.07, 6.45) is 3.10. The van der Waals surface area contributed by atoms with Gasteiger partial charge in [-0.2, -0.15) is 5.10 Å². The summed E-state index contributed by atoms with van der Waals surface area (Å²) < 4.78 is 6.57. The van der Waals surface area contributed by atoms with Crippen LogP contribution in [-0.4, -0.2) is 50.2 Å². The minimum Gasteiger partial charge on any atom is -0.360 e. The van der Waals surface area contributed by atoms with E-state index in [1.54, 1.807) is 43.2 Å². The monoisotopic (exact) mass is 354 g/mol. The Kier molecular flexibility index (Phi) is 5.07. The lowest BCUT2D eigenvalue weighted by Crippen LogP contribution is -2.35. The summed E-state index contributed by atoms with van der Waals surface area (Å²) >= 11 is 0. The van der Waals surface area contributed by atoms with Crippen LogP contribution in [0.5, 0.6) is 0 Å². The molecule has 26 heavy (non-hydrogen) atoms. The third-order valence-corrected chi connectivity index (χ3v) is 3.63. The molecule has 0 aliphatic carbocycles. The molecule has 0 saturated heterocycles. The summed E-state index contributed by atoms with van der Waals surface area (Å²) in [7, 11) is 1.57. The lowest BCUT2D eigenvalue weighted by molar-refractivity contribution is -0.116. The van der Waals surface area contributed by atoms with E-state index in [4.69, 9.17) is 4.52 Å². The van der Waals surface area contributed by atoms with Gasteiger partial charge in [0, 0.05) is 18.7 Å².